The van der Waals surface area contributed by atoms with Crippen LogP contribution in [0.15, 0.2) is 34.7 Å². The molecule has 2 heterocycles. The zero-order chi connectivity index (χ0) is 17.8. The average Bonchev–Trinajstić information content (AvgIpc) is 2.94. The highest BCUT2D eigenvalue weighted by atomic mass is 16.3. The maximum atomic E-state index is 12.4. The Kier molecular flexibility index (Phi) is 5.56. The molecule has 2 aromatic rings. The lowest BCUT2D eigenvalue weighted by Gasteiger charge is -2.31. The van der Waals surface area contributed by atoms with Gasteiger partial charge >= 0.3 is 0 Å². The molecule has 0 unspecified atom stereocenters. The minimum atomic E-state index is -0.143. The maximum absolute atomic E-state index is 12.4. The van der Waals surface area contributed by atoms with Crippen LogP contribution in [0.1, 0.15) is 40.3 Å². The highest BCUT2D eigenvalue weighted by Crippen LogP contribution is 2.21. The smallest absolute Gasteiger partial charge is 0.259 e. The van der Waals surface area contributed by atoms with Crippen molar-refractivity contribution in [2.75, 3.05) is 25.0 Å². The third-order valence-corrected chi connectivity index (χ3v) is 4.84. The molecule has 25 heavy (non-hydrogen) atoms. The quantitative estimate of drug-likeness (QED) is 0.874. The van der Waals surface area contributed by atoms with Crippen molar-refractivity contribution in [3.8, 4) is 0 Å². The zero-order valence-corrected chi connectivity index (χ0v) is 14.9. The molecule has 5 nitrogen and oxygen atoms in total. The third-order valence-electron chi connectivity index (χ3n) is 4.84. The molecule has 1 aliphatic rings. The fraction of sp³-hybridized carbons (Fsp3) is 0.450. The first-order valence-electron chi connectivity index (χ1n) is 8.85. The van der Waals surface area contributed by atoms with Crippen molar-refractivity contribution < 1.29 is 14.3 Å². The van der Waals surface area contributed by atoms with E-state index in [2.05, 4.69) is 16.3 Å². The Hall–Kier alpha value is -2.11. The summed E-state index contributed by atoms with van der Waals surface area (Å²) in [5.41, 5.74) is 2.56. The number of carbonyl (C=O) groups excluding carboxylic acids is 1. The van der Waals surface area contributed by atoms with E-state index in [9.17, 15) is 9.90 Å². The zero-order valence-electron chi connectivity index (χ0n) is 14.9. The van der Waals surface area contributed by atoms with Crippen LogP contribution < -0.4 is 5.32 Å². The molecule has 0 radical (unpaired) electrons. The molecule has 1 aromatic heterocycles. The molecule has 1 aliphatic heterocycles. The second-order valence-corrected chi connectivity index (χ2v) is 6.88. The normalized spacial score (nSPS) is 16.1. The van der Waals surface area contributed by atoms with Crippen LogP contribution >= 0.6 is 0 Å². The van der Waals surface area contributed by atoms with Crippen molar-refractivity contribution in [1.82, 2.24) is 4.90 Å². The highest BCUT2D eigenvalue weighted by Gasteiger charge is 2.18. The van der Waals surface area contributed by atoms with Crippen LogP contribution in [0.2, 0.25) is 0 Å². The molecule has 3 rings (SSSR count). The summed E-state index contributed by atoms with van der Waals surface area (Å²) in [4.78, 5) is 14.8. The lowest BCUT2D eigenvalue weighted by Crippen LogP contribution is -2.34. The summed E-state index contributed by atoms with van der Waals surface area (Å²) in [6, 6.07) is 9.75. The number of nitrogens with one attached hydrogen (secondary N) is 1. The van der Waals surface area contributed by atoms with Crippen molar-refractivity contribution in [3.63, 3.8) is 0 Å². The van der Waals surface area contributed by atoms with Crippen molar-refractivity contribution in [3.05, 3.63) is 53.0 Å². The molecule has 1 saturated heterocycles. The van der Waals surface area contributed by atoms with Gasteiger partial charge in [-0.15, -0.1) is 0 Å². The second-order valence-electron chi connectivity index (χ2n) is 6.88. The standard InChI is InChI=1S/C20H26N2O3/c1-14-10-19(15(2)25-14)20(24)21-18-5-3-4-17(11-18)12-22-8-6-16(13-23)7-9-22/h3-5,10-11,16,23H,6-9,12-13H2,1-2H3,(H,21,24). The molecule has 5 heteroatoms. The monoisotopic (exact) mass is 342 g/mol. The van der Waals surface area contributed by atoms with Gasteiger partial charge in [0.15, 0.2) is 0 Å². The number of anilines is 1. The molecule has 1 aromatic carbocycles. The fourth-order valence-corrected chi connectivity index (χ4v) is 3.39. The SMILES string of the molecule is Cc1cc(C(=O)Nc2cccc(CN3CCC(CO)CC3)c2)c(C)o1. The van der Waals surface area contributed by atoms with Gasteiger partial charge in [-0.1, -0.05) is 12.1 Å². The number of likely N-dealkylation sites (tertiary alicyclic amines) is 1. The number of amides is 1. The van der Waals surface area contributed by atoms with E-state index in [1.165, 1.54) is 5.56 Å². The number of piperidine rings is 1. The van der Waals surface area contributed by atoms with Crippen LogP contribution in [0, 0.1) is 19.8 Å². The summed E-state index contributed by atoms with van der Waals surface area (Å²) in [7, 11) is 0. The number of benzene rings is 1. The van der Waals surface area contributed by atoms with Gasteiger partial charge in [0, 0.05) is 18.8 Å². The maximum Gasteiger partial charge on any atom is 0.259 e. The Morgan fingerprint density at radius 1 is 1.28 bits per heavy atom. The van der Waals surface area contributed by atoms with Gasteiger partial charge in [0.25, 0.3) is 5.91 Å². The molecule has 2 N–H and O–H groups in total. The van der Waals surface area contributed by atoms with Crippen LogP contribution in [0.5, 0.6) is 0 Å². The van der Waals surface area contributed by atoms with Crippen molar-refractivity contribution in [1.29, 1.82) is 0 Å². The molecule has 1 amide bonds. The number of hydrogen-bond donors (Lipinski definition) is 2. The van der Waals surface area contributed by atoms with Crippen LogP contribution in [0.25, 0.3) is 0 Å². The Morgan fingerprint density at radius 2 is 2.04 bits per heavy atom. The van der Waals surface area contributed by atoms with Gasteiger partial charge in [0.1, 0.15) is 11.5 Å². The minimum absolute atomic E-state index is 0.143. The van der Waals surface area contributed by atoms with Crippen LogP contribution in [0.4, 0.5) is 5.69 Å². The lowest BCUT2D eigenvalue weighted by molar-refractivity contribution is 0.102. The first-order chi connectivity index (χ1) is 12.0. The van der Waals surface area contributed by atoms with E-state index in [4.69, 9.17) is 4.42 Å². The molecule has 0 aliphatic carbocycles. The van der Waals surface area contributed by atoms with E-state index in [0.717, 1.165) is 43.9 Å². The van der Waals surface area contributed by atoms with Gasteiger partial charge in [-0.2, -0.15) is 0 Å². The first kappa shape index (κ1) is 17.7. The highest BCUT2D eigenvalue weighted by molar-refractivity contribution is 6.05. The molecule has 0 bridgehead atoms. The minimum Gasteiger partial charge on any atom is -0.466 e. The van der Waals surface area contributed by atoms with Gasteiger partial charge in [-0.05, 0) is 69.5 Å². The lowest BCUT2D eigenvalue weighted by atomic mass is 9.97. The molecule has 134 valence electrons. The van der Waals surface area contributed by atoms with E-state index in [-0.39, 0.29) is 5.91 Å². The van der Waals surface area contributed by atoms with E-state index < -0.39 is 0 Å². The van der Waals surface area contributed by atoms with Gasteiger partial charge in [0.2, 0.25) is 0 Å². The first-order valence-corrected chi connectivity index (χ1v) is 8.85. The molecular formula is C20H26N2O3. The predicted octanol–water partition coefficient (Wildman–Crippen LogP) is 3.35. The largest absolute Gasteiger partial charge is 0.466 e. The van der Waals surface area contributed by atoms with Crippen LogP contribution in [-0.4, -0.2) is 35.6 Å². The molecular weight excluding hydrogens is 316 g/mol. The summed E-state index contributed by atoms with van der Waals surface area (Å²) in [6.45, 7) is 6.82. The van der Waals surface area contributed by atoms with Gasteiger partial charge < -0.3 is 14.8 Å². The Morgan fingerprint density at radius 3 is 2.68 bits per heavy atom. The molecule has 0 atom stereocenters. The van der Waals surface area contributed by atoms with Gasteiger partial charge in [-0.25, -0.2) is 0 Å². The number of nitrogens with zero attached hydrogens (tertiary/aromatic N) is 1. The van der Waals surface area contributed by atoms with Crippen LogP contribution in [0.3, 0.4) is 0 Å². The van der Waals surface area contributed by atoms with Crippen molar-refractivity contribution in [2.45, 2.75) is 33.2 Å². The molecule has 1 fully saturated rings. The third kappa shape index (κ3) is 4.50. The van der Waals surface area contributed by atoms with E-state index in [1.54, 1.807) is 13.0 Å². The number of hydrogen-bond acceptors (Lipinski definition) is 4. The van der Waals surface area contributed by atoms with Crippen molar-refractivity contribution in [2.24, 2.45) is 5.92 Å². The second kappa shape index (κ2) is 7.85. The summed E-state index contributed by atoms with van der Waals surface area (Å²) in [6.07, 6.45) is 2.10. The number of carbonyl (C=O) groups is 1. The Bertz CT molecular complexity index is 730. The van der Waals surface area contributed by atoms with E-state index in [1.807, 2.05) is 25.1 Å². The summed E-state index contributed by atoms with van der Waals surface area (Å²) in [5.74, 6) is 1.68. The predicted molar refractivity (Wildman–Crippen MR) is 97.7 cm³/mol. The summed E-state index contributed by atoms with van der Waals surface area (Å²) < 4.78 is 5.43. The number of aliphatic hydroxyl groups is 1. The Labute approximate surface area is 148 Å². The number of furan rings is 1. The number of aliphatic hydroxyl groups excluding tert-OH is 1. The van der Waals surface area contributed by atoms with E-state index in [0.29, 0.717) is 23.8 Å². The van der Waals surface area contributed by atoms with E-state index >= 15 is 0 Å². The summed E-state index contributed by atoms with van der Waals surface area (Å²) >= 11 is 0. The number of rotatable bonds is 5. The topological polar surface area (TPSA) is 65.7 Å². The average molecular weight is 342 g/mol. The van der Waals surface area contributed by atoms with Crippen molar-refractivity contribution >= 4 is 11.6 Å². The van der Waals surface area contributed by atoms with Gasteiger partial charge in [0.05, 0.1) is 5.56 Å². The molecule has 0 saturated carbocycles. The summed E-state index contributed by atoms with van der Waals surface area (Å²) in [5, 5.41) is 12.2. The Balaban J connectivity index is 1.62. The van der Waals surface area contributed by atoms with Gasteiger partial charge in [-0.3, -0.25) is 9.69 Å². The number of aryl methyl sites for hydroxylation is 2. The molecule has 0 spiro atoms. The fourth-order valence-electron chi connectivity index (χ4n) is 3.39. The van der Waals surface area contributed by atoms with Crippen LogP contribution in [-0.2, 0) is 6.54 Å².